The molecule has 0 radical (unpaired) electrons. The first-order valence-corrected chi connectivity index (χ1v) is 11.7. The molecule has 1 fully saturated rings. The molecule has 0 aliphatic carbocycles. The third-order valence-electron chi connectivity index (χ3n) is 6.73. The van der Waals surface area contributed by atoms with Crippen molar-refractivity contribution in [3.05, 3.63) is 33.7 Å². The lowest BCUT2D eigenvalue weighted by atomic mass is 9.95. The summed E-state index contributed by atoms with van der Waals surface area (Å²) in [5.41, 5.74) is 14.8. The molecule has 4 N–H and O–H groups in total. The van der Waals surface area contributed by atoms with Crippen molar-refractivity contribution >= 4 is 35.2 Å². The number of nitrogens with zero attached hydrogens (tertiary/aromatic N) is 5. The van der Waals surface area contributed by atoms with Crippen LogP contribution in [-0.4, -0.2) is 58.4 Å². The fraction of sp³-hybridized carbons (Fsp3) is 0.522. The number of hydrogen-bond donors (Lipinski definition) is 2. The number of amides is 2. The number of ether oxygens (including phenoxy) is 1. The number of piperidine rings is 1. The van der Waals surface area contributed by atoms with Crippen molar-refractivity contribution in [3.63, 3.8) is 0 Å². The molecule has 2 aliphatic rings. The number of carbonyl (C=O) groups excluding carboxylic acids is 2. The second-order valence-corrected chi connectivity index (χ2v) is 9.38. The molecule has 0 bridgehead atoms. The molecule has 2 aliphatic heterocycles. The van der Waals surface area contributed by atoms with Gasteiger partial charge in [0.05, 0.1) is 25.3 Å². The number of nitrogen functional groups attached to an aromatic ring is 1. The lowest BCUT2D eigenvalue weighted by Gasteiger charge is -2.32. The summed E-state index contributed by atoms with van der Waals surface area (Å²) in [5.74, 6) is 0.572. The van der Waals surface area contributed by atoms with Gasteiger partial charge < -0.3 is 26.0 Å². The molecule has 34 heavy (non-hydrogen) atoms. The lowest BCUT2D eigenvalue weighted by molar-refractivity contribution is -0.135. The predicted molar refractivity (Wildman–Crippen MR) is 129 cm³/mol. The zero-order valence-corrected chi connectivity index (χ0v) is 20.4. The van der Waals surface area contributed by atoms with Crippen molar-refractivity contribution < 1.29 is 14.3 Å². The van der Waals surface area contributed by atoms with Crippen LogP contribution in [0.2, 0.25) is 5.15 Å². The maximum Gasteiger partial charge on any atom is 0.223 e. The van der Waals surface area contributed by atoms with E-state index in [1.807, 2.05) is 18.7 Å². The van der Waals surface area contributed by atoms with E-state index < -0.39 is 0 Å². The summed E-state index contributed by atoms with van der Waals surface area (Å²) in [5, 5.41) is 0.252. The number of nitrogens with two attached hydrogens (primary N) is 2. The van der Waals surface area contributed by atoms with Gasteiger partial charge in [0.2, 0.25) is 17.8 Å². The minimum absolute atomic E-state index is 0.0389. The Labute approximate surface area is 203 Å². The zero-order valence-electron chi connectivity index (χ0n) is 19.7. The average Bonchev–Trinajstić information content (AvgIpc) is 3.13. The molecule has 2 aromatic rings. The largest absolute Gasteiger partial charge is 0.496 e. The molecule has 0 saturated carbocycles. The lowest BCUT2D eigenvalue weighted by Crippen LogP contribution is -2.44. The van der Waals surface area contributed by atoms with Crippen LogP contribution in [0.5, 0.6) is 5.75 Å². The van der Waals surface area contributed by atoms with Crippen molar-refractivity contribution in [1.29, 1.82) is 0 Å². The Kier molecular flexibility index (Phi) is 6.79. The zero-order chi connectivity index (χ0) is 24.6. The van der Waals surface area contributed by atoms with Crippen LogP contribution in [0.1, 0.15) is 47.6 Å². The van der Waals surface area contributed by atoms with E-state index in [4.69, 9.17) is 27.8 Å². The van der Waals surface area contributed by atoms with E-state index in [1.54, 1.807) is 18.2 Å². The Hall–Kier alpha value is -3.14. The summed E-state index contributed by atoms with van der Waals surface area (Å²) in [6.07, 6.45) is 3.48. The van der Waals surface area contributed by atoms with Gasteiger partial charge in [0.15, 0.2) is 0 Å². The maximum absolute atomic E-state index is 13.2. The van der Waals surface area contributed by atoms with E-state index >= 15 is 0 Å². The van der Waals surface area contributed by atoms with E-state index in [0.29, 0.717) is 44.0 Å². The number of fused-ring (bicyclic) bond motifs is 1. The number of likely N-dealkylation sites (tertiary alicyclic amines) is 1. The van der Waals surface area contributed by atoms with Crippen LogP contribution in [0.25, 0.3) is 0 Å². The molecule has 1 saturated heterocycles. The van der Waals surface area contributed by atoms with Crippen LogP contribution in [0.4, 0.5) is 11.8 Å². The van der Waals surface area contributed by atoms with Crippen LogP contribution < -0.4 is 21.1 Å². The maximum atomic E-state index is 13.2. The van der Waals surface area contributed by atoms with Gasteiger partial charge in [-0.25, -0.2) is 4.98 Å². The van der Waals surface area contributed by atoms with E-state index in [2.05, 4.69) is 15.0 Å². The highest BCUT2D eigenvalue weighted by molar-refractivity contribution is 6.30. The number of halogens is 1. The predicted octanol–water partition coefficient (Wildman–Crippen LogP) is 1.95. The Morgan fingerprint density at radius 3 is 2.74 bits per heavy atom. The second-order valence-electron chi connectivity index (χ2n) is 9.02. The summed E-state index contributed by atoms with van der Waals surface area (Å²) < 4.78 is 5.55. The van der Waals surface area contributed by atoms with E-state index in [1.165, 1.54) is 0 Å². The van der Waals surface area contributed by atoms with Crippen LogP contribution in [-0.2, 0) is 16.1 Å². The van der Waals surface area contributed by atoms with Gasteiger partial charge in [-0.3, -0.25) is 14.6 Å². The Balaban J connectivity index is 1.58. The number of rotatable bonds is 6. The first kappa shape index (κ1) is 24.0. The van der Waals surface area contributed by atoms with Gasteiger partial charge in [-0.2, -0.15) is 4.98 Å². The number of anilines is 2. The fourth-order valence-corrected chi connectivity index (χ4v) is 5.30. The summed E-state index contributed by atoms with van der Waals surface area (Å²) in [6, 6.07) is 0. The number of pyridine rings is 1. The summed E-state index contributed by atoms with van der Waals surface area (Å²) in [7, 11) is 1.64. The number of aryl methyl sites for hydroxylation is 1. The van der Waals surface area contributed by atoms with Crippen molar-refractivity contribution in [2.45, 2.75) is 45.6 Å². The SMILES string of the molecule is COc1c(C)cnc(CN2C[C@@H](CC(=O)N3CCCC(C(N)=O)C3)c3c(Cl)nc(N)nc32)c1C. The van der Waals surface area contributed by atoms with Crippen molar-refractivity contribution in [3.8, 4) is 5.75 Å². The smallest absolute Gasteiger partial charge is 0.223 e. The van der Waals surface area contributed by atoms with Gasteiger partial charge in [-0.1, -0.05) is 11.6 Å². The van der Waals surface area contributed by atoms with Gasteiger partial charge in [-0.15, -0.1) is 0 Å². The van der Waals surface area contributed by atoms with E-state index in [0.717, 1.165) is 29.0 Å². The highest BCUT2D eigenvalue weighted by atomic mass is 35.5. The minimum Gasteiger partial charge on any atom is -0.496 e. The number of methoxy groups -OCH3 is 1. The first-order chi connectivity index (χ1) is 16.2. The third kappa shape index (κ3) is 4.59. The van der Waals surface area contributed by atoms with Gasteiger partial charge >= 0.3 is 0 Å². The summed E-state index contributed by atoms with van der Waals surface area (Å²) >= 11 is 6.49. The quantitative estimate of drug-likeness (QED) is 0.589. The summed E-state index contributed by atoms with van der Waals surface area (Å²) in [6.45, 7) is 5.87. The first-order valence-electron chi connectivity index (χ1n) is 11.3. The topological polar surface area (TPSA) is 141 Å². The monoisotopic (exact) mass is 487 g/mol. The van der Waals surface area contributed by atoms with Gasteiger partial charge in [0, 0.05) is 54.9 Å². The molecule has 11 heteroatoms. The van der Waals surface area contributed by atoms with Gasteiger partial charge in [-0.05, 0) is 26.7 Å². The molecule has 182 valence electrons. The molecular weight excluding hydrogens is 458 g/mol. The molecule has 2 amide bonds. The minimum atomic E-state index is -0.363. The Morgan fingerprint density at radius 2 is 2.03 bits per heavy atom. The van der Waals surface area contributed by atoms with Crippen LogP contribution >= 0.6 is 11.6 Å². The van der Waals surface area contributed by atoms with E-state index in [-0.39, 0.29) is 41.2 Å². The van der Waals surface area contributed by atoms with Crippen molar-refractivity contribution in [2.24, 2.45) is 11.7 Å². The Bertz CT molecular complexity index is 1130. The number of carbonyl (C=O) groups is 2. The molecule has 0 spiro atoms. The van der Waals surface area contributed by atoms with Crippen molar-refractivity contribution in [2.75, 3.05) is 37.4 Å². The molecule has 0 aromatic carbocycles. The molecular formula is C23H30ClN7O3. The highest BCUT2D eigenvalue weighted by Gasteiger charge is 2.37. The molecule has 10 nitrogen and oxygen atoms in total. The fourth-order valence-electron chi connectivity index (χ4n) is 4.98. The standard InChI is InChI=1S/C23H30ClN7O3/c1-12-8-27-16(13(2)19(12)34-3)11-31-10-15(18-20(24)28-23(26)29-22(18)31)7-17(32)30-6-4-5-14(9-30)21(25)33/h8,14-15H,4-7,9-11H2,1-3H3,(H2,25,33)(H2,26,28,29)/t14?,15-/m1/s1. The van der Waals surface area contributed by atoms with Gasteiger partial charge in [0.25, 0.3) is 0 Å². The van der Waals surface area contributed by atoms with Crippen LogP contribution in [0.3, 0.4) is 0 Å². The normalized spacial score (nSPS) is 19.8. The third-order valence-corrected chi connectivity index (χ3v) is 7.02. The van der Waals surface area contributed by atoms with Crippen molar-refractivity contribution in [1.82, 2.24) is 19.9 Å². The molecule has 4 rings (SSSR count). The molecule has 4 heterocycles. The van der Waals surface area contributed by atoms with Crippen LogP contribution in [0.15, 0.2) is 6.20 Å². The number of primary amides is 1. The Morgan fingerprint density at radius 1 is 1.26 bits per heavy atom. The van der Waals surface area contributed by atoms with E-state index in [9.17, 15) is 9.59 Å². The summed E-state index contributed by atoms with van der Waals surface area (Å²) in [4.78, 5) is 41.7. The average molecular weight is 488 g/mol. The second kappa shape index (κ2) is 9.61. The molecule has 2 atom stereocenters. The number of hydrogen-bond acceptors (Lipinski definition) is 8. The highest BCUT2D eigenvalue weighted by Crippen LogP contribution is 2.42. The molecule has 2 aromatic heterocycles. The number of aromatic nitrogens is 3. The molecule has 1 unspecified atom stereocenters. The van der Waals surface area contributed by atoms with Crippen LogP contribution in [0, 0.1) is 19.8 Å². The van der Waals surface area contributed by atoms with Gasteiger partial charge in [0.1, 0.15) is 16.7 Å².